The molecule has 39 heavy (non-hydrogen) atoms. The molecule has 0 radical (unpaired) electrons. The fraction of sp³-hybridized carbons (Fsp3) is 0.562. The third-order valence-corrected chi connectivity index (χ3v) is 9.13. The van der Waals surface area contributed by atoms with Gasteiger partial charge in [-0.05, 0) is 73.8 Å². The molecule has 0 heterocycles. The number of nitriles is 1. The standard InChI is InChI=1S/C32H38F3NO3/c1-3-7-21(2)32(14-5-4-6-15-32)23-10-8-22(9-11-23)20-38-24-12-13-26(28(33)16-24)31(37)39-25-17-29(34)27(19-36)30(35)18-25/h12-13,16-18,21-23H,3-11,14-15,20H2,1-2H3. The zero-order valence-corrected chi connectivity index (χ0v) is 22.9. The van der Waals surface area contributed by atoms with Crippen LogP contribution in [0.1, 0.15) is 100 Å². The van der Waals surface area contributed by atoms with Gasteiger partial charge in [0.1, 0.15) is 40.6 Å². The molecule has 210 valence electrons. The summed E-state index contributed by atoms with van der Waals surface area (Å²) in [5.41, 5.74) is -0.675. The minimum atomic E-state index is -1.16. The van der Waals surface area contributed by atoms with Crippen molar-refractivity contribution in [2.24, 2.45) is 23.2 Å². The molecular formula is C32H38F3NO3. The Morgan fingerprint density at radius 3 is 2.23 bits per heavy atom. The third-order valence-electron chi connectivity index (χ3n) is 9.13. The fourth-order valence-corrected chi connectivity index (χ4v) is 6.98. The van der Waals surface area contributed by atoms with E-state index in [0.717, 1.165) is 30.7 Å². The fourth-order valence-electron chi connectivity index (χ4n) is 6.98. The van der Waals surface area contributed by atoms with E-state index < -0.39 is 34.7 Å². The molecule has 2 saturated carbocycles. The van der Waals surface area contributed by atoms with Crippen LogP contribution in [-0.4, -0.2) is 12.6 Å². The van der Waals surface area contributed by atoms with E-state index in [-0.39, 0.29) is 5.56 Å². The van der Waals surface area contributed by atoms with Gasteiger partial charge in [0.05, 0.1) is 12.2 Å². The zero-order valence-electron chi connectivity index (χ0n) is 22.9. The predicted octanol–water partition coefficient (Wildman–Crippen LogP) is 8.77. The molecule has 0 aromatic heterocycles. The summed E-state index contributed by atoms with van der Waals surface area (Å²) in [7, 11) is 0. The van der Waals surface area contributed by atoms with Crippen LogP contribution in [-0.2, 0) is 0 Å². The smallest absolute Gasteiger partial charge is 0.346 e. The second-order valence-electron chi connectivity index (χ2n) is 11.4. The molecule has 0 aliphatic heterocycles. The first kappa shape index (κ1) is 29.0. The maximum absolute atomic E-state index is 14.7. The first-order valence-corrected chi connectivity index (χ1v) is 14.3. The first-order valence-electron chi connectivity index (χ1n) is 14.3. The molecule has 1 atom stereocenters. The largest absolute Gasteiger partial charge is 0.493 e. The van der Waals surface area contributed by atoms with Gasteiger partial charge in [0.15, 0.2) is 0 Å². The molecule has 1 unspecified atom stereocenters. The molecule has 2 aromatic carbocycles. The number of ether oxygens (including phenoxy) is 2. The lowest BCUT2D eigenvalue weighted by atomic mass is 9.55. The summed E-state index contributed by atoms with van der Waals surface area (Å²) in [6.45, 7) is 5.26. The summed E-state index contributed by atoms with van der Waals surface area (Å²) in [6.07, 6.45) is 14.0. The van der Waals surface area contributed by atoms with E-state index >= 15 is 0 Å². The van der Waals surface area contributed by atoms with Gasteiger partial charge in [0, 0.05) is 18.2 Å². The Balaban J connectivity index is 1.31. The molecule has 4 rings (SSSR count). The average molecular weight is 542 g/mol. The topological polar surface area (TPSA) is 59.3 Å². The second-order valence-corrected chi connectivity index (χ2v) is 11.4. The molecule has 0 spiro atoms. The Morgan fingerprint density at radius 1 is 1.00 bits per heavy atom. The molecule has 2 aliphatic rings. The Labute approximate surface area is 229 Å². The minimum Gasteiger partial charge on any atom is -0.493 e. The van der Waals surface area contributed by atoms with Crippen molar-refractivity contribution in [3.05, 3.63) is 58.9 Å². The van der Waals surface area contributed by atoms with Crippen molar-refractivity contribution in [2.75, 3.05) is 6.61 Å². The number of hydrogen-bond acceptors (Lipinski definition) is 4. The molecule has 0 bridgehead atoms. The van der Waals surface area contributed by atoms with Gasteiger partial charge in [-0.1, -0.05) is 46.0 Å². The second kappa shape index (κ2) is 12.9. The number of carbonyl (C=O) groups excluding carboxylic acids is 1. The zero-order chi connectivity index (χ0) is 28.0. The highest BCUT2D eigenvalue weighted by atomic mass is 19.1. The summed E-state index contributed by atoms with van der Waals surface area (Å²) in [6, 6.07) is 6.68. The van der Waals surface area contributed by atoms with Crippen molar-refractivity contribution in [3.63, 3.8) is 0 Å². The lowest BCUT2D eigenvalue weighted by Gasteiger charge is -2.50. The Kier molecular flexibility index (Phi) is 9.58. The van der Waals surface area contributed by atoms with Crippen molar-refractivity contribution in [3.8, 4) is 17.6 Å². The molecule has 2 aliphatic carbocycles. The summed E-state index contributed by atoms with van der Waals surface area (Å²) in [4.78, 5) is 12.4. The van der Waals surface area contributed by atoms with E-state index in [2.05, 4.69) is 13.8 Å². The average Bonchev–Trinajstić information content (AvgIpc) is 2.92. The van der Waals surface area contributed by atoms with Crippen LogP contribution in [0.3, 0.4) is 0 Å². The highest BCUT2D eigenvalue weighted by Crippen LogP contribution is 2.54. The Hall–Kier alpha value is -3.01. The summed E-state index contributed by atoms with van der Waals surface area (Å²) in [5, 5.41) is 8.75. The SMILES string of the molecule is CCCC(C)C1(C2CCC(COc3ccc(C(=O)Oc4cc(F)c(C#N)c(F)c4)c(F)c3)CC2)CCCCC1. The van der Waals surface area contributed by atoms with Crippen molar-refractivity contribution in [1.29, 1.82) is 5.26 Å². The Bertz CT molecular complexity index is 1170. The van der Waals surface area contributed by atoms with Crippen LogP contribution in [0.5, 0.6) is 11.5 Å². The minimum absolute atomic E-state index is 0.321. The van der Waals surface area contributed by atoms with Crippen LogP contribution in [0.25, 0.3) is 0 Å². The van der Waals surface area contributed by atoms with E-state index in [4.69, 9.17) is 14.7 Å². The number of benzene rings is 2. The highest BCUT2D eigenvalue weighted by Gasteiger charge is 2.44. The van der Waals surface area contributed by atoms with Crippen LogP contribution < -0.4 is 9.47 Å². The lowest BCUT2D eigenvalue weighted by Crippen LogP contribution is -2.41. The van der Waals surface area contributed by atoms with Gasteiger partial charge in [0.2, 0.25) is 0 Å². The van der Waals surface area contributed by atoms with E-state index in [9.17, 15) is 18.0 Å². The van der Waals surface area contributed by atoms with Crippen molar-refractivity contribution in [2.45, 2.75) is 84.5 Å². The number of nitrogens with zero attached hydrogens (tertiary/aromatic N) is 1. The number of halogens is 3. The van der Waals surface area contributed by atoms with Crippen molar-refractivity contribution < 1.29 is 27.4 Å². The molecule has 0 amide bonds. The number of hydrogen-bond donors (Lipinski definition) is 0. The number of carbonyl (C=O) groups is 1. The summed E-state index contributed by atoms with van der Waals surface area (Å²) in [5.74, 6) is -2.46. The molecule has 0 saturated heterocycles. The number of rotatable bonds is 9. The number of esters is 1. The predicted molar refractivity (Wildman–Crippen MR) is 143 cm³/mol. The monoisotopic (exact) mass is 541 g/mol. The van der Waals surface area contributed by atoms with E-state index in [1.165, 1.54) is 76.0 Å². The van der Waals surface area contributed by atoms with E-state index in [0.29, 0.717) is 35.8 Å². The molecule has 2 aromatic rings. The van der Waals surface area contributed by atoms with Crippen LogP contribution in [0.15, 0.2) is 30.3 Å². The molecular weight excluding hydrogens is 503 g/mol. The van der Waals surface area contributed by atoms with Gasteiger partial charge in [-0.15, -0.1) is 0 Å². The maximum Gasteiger partial charge on any atom is 0.346 e. The maximum atomic E-state index is 14.7. The molecule has 7 heteroatoms. The molecule has 4 nitrogen and oxygen atoms in total. The van der Waals surface area contributed by atoms with Crippen LogP contribution in [0.2, 0.25) is 0 Å². The van der Waals surface area contributed by atoms with Crippen molar-refractivity contribution >= 4 is 5.97 Å². The van der Waals surface area contributed by atoms with Gasteiger partial charge in [-0.25, -0.2) is 18.0 Å². The van der Waals surface area contributed by atoms with Gasteiger partial charge < -0.3 is 9.47 Å². The van der Waals surface area contributed by atoms with E-state index in [1.54, 1.807) is 0 Å². The van der Waals surface area contributed by atoms with Gasteiger partial charge >= 0.3 is 5.97 Å². The van der Waals surface area contributed by atoms with Crippen LogP contribution >= 0.6 is 0 Å². The Morgan fingerprint density at radius 2 is 1.64 bits per heavy atom. The lowest BCUT2D eigenvalue weighted by molar-refractivity contribution is -0.00390. The van der Waals surface area contributed by atoms with Crippen LogP contribution in [0, 0.1) is 52.0 Å². The van der Waals surface area contributed by atoms with Gasteiger partial charge in [0.25, 0.3) is 0 Å². The van der Waals surface area contributed by atoms with Gasteiger partial charge in [-0.2, -0.15) is 5.26 Å². The highest BCUT2D eigenvalue weighted by molar-refractivity contribution is 5.91. The summed E-state index contributed by atoms with van der Waals surface area (Å²) >= 11 is 0. The quantitative estimate of drug-likeness (QED) is 0.235. The molecule has 0 N–H and O–H groups in total. The van der Waals surface area contributed by atoms with E-state index in [1.807, 2.05) is 0 Å². The van der Waals surface area contributed by atoms with Crippen molar-refractivity contribution in [1.82, 2.24) is 0 Å². The summed E-state index contributed by atoms with van der Waals surface area (Å²) < 4.78 is 53.1. The molecule has 2 fully saturated rings. The first-order chi connectivity index (χ1) is 18.8. The van der Waals surface area contributed by atoms with Crippen LogP contribution in [0.4, 0.5) is 13.2 Å². The third kappa shape index (κ3) is 6.59. The normalized spacial score (nSPS) is 21.5. The van der Waals surface area contributed by atoms with Gasteiger partial charge in [-0.3, -0.25) is 0 Å².